The van der Waals surface area contributed by atoms with Crippen LogP contribution in [-0.2, 0) is 4.79 Å². The topological polar surface area (TPSA) is 32.3 Å². The highest BCUT2D eigenvalue weighted by atomic mass is 16.2. The molecule has 0 unspecified atom stereocenters. The molecule has 0 heterocycles. The van der Waals surface area contributed by atoms with Gasteiger partial charge < -0.3 is 10.2 Å². The van der Waals surface area contributed by atoms with Gasteiger partial charge in [0.2, 0.25) is 5.91 Å². The molecular formula is C18H26N2O. The van der Waals surface area contributed by atoms with Gasteiger partial charge in [-0.1, -0.05) is 43.2 Å². The normalized spacial score (nSPS) is 26.8. The molecule has 2 aliphatic carbocycles. The van der Waals surface area contributed by atoms with E-state index in [1.165, 1.54) is 31.2 Å². The maximum Gasteiger partial charge on any atom is 0.223 e. The van der Waals surface area contributed by atoms with E-state index in [9.17, 15) is 4.79 Å². The quantitative estimate of drug-likeness (QED) is 0.902. The Morgan fingerprint density at radius 2 is 1.90 bits per heavy atom. The number of rotatable bonds is 5. The Morgan fingerprint density at radius 1 is 1.24 bits per heavy atom. The lowest BCUT2D eigenvalue weighted by molar-refractivity contribution is -0.123. The Bertz CT molecular complexity index is 491. The summed E-state index contributed by atoms with van der Waals surface area (Å²) in [6.07, 6.45) is 5.97. The van der Waals surface area contributed by atoms with Crippen LogP contribution in [0.2, 0.25) is 0 Å². The molecule has 0 saturated heterocycles. The van der Waals surface area contributed by atoms with Crippen molar-refractivity contribution in [2.75, 3.05) is 20.6 Å². The van der Waals surface area contributed by atoms with Crippen LogP contribution in [0, 0.1) is 5.92 Å². The Kier molecular flexibility index (Phi) is 4.03. The molecular weight excluding hydrogens is 260 g/mol. The fourth-order valence-electron chi connectivity index (χ4n) is 3.75. The van der Waals surface area contributed by atoms with Crippen LogP contribution in [0.3, 0.4) is 0 Å². The maximum absolute atomic E-state index is 12.4. The molecule has 1 amide bonds. The average Bonchev–Trinajstić information content (AvgIpc) is 3.16. The average molecular weight is 286 g/mol. The molecule has 0 radical (unpaired) electrons. The lowest BCUT2D eigenvalue weighted by atomic mass is 9.96. The summed E-state index contributed by atoms with van der Waals surface area (Å²) in [5, 5.41) is 3.23. The second kappa shape index (κ2) is 5.80. The third-order valence-corrected chi connectivity index (χ3v) is 5.43. The zero-order valence-corrected chi connectivity index (χ0v) is 13.1. The zero-order chi connectivity index (χ0) is 14.9. The smallest absolute Gasteiger partial charge is 0.223 e. The van der Waals surface area contributed by atoms with E-state index in [0.29, 0.717) is 5.92 Å². The van der Waals surface area contributed by atoms with Crippen LogP contribution in [-0.4, -0.2) is 37.0 Å². The van der Waals surface area contributed by atoms with Crippen LogP contribution in [0.5, 0.6) is 0 Å². The molecule has 3 rings (SSSR count). The van der Waals surface area contributed by atoms with Crippen molar-refractivity contribution in [3.05, 3.63) is 35.9 Å². The summed E-state index contributed by atoms with van der Waals surface area (Å²) in [5.41, 5.74) is 1.49. The van der Waals surface area contributed by atoms with Gasteiger partial charge in [-0.05, 0) is 44.8 Å². The lowest BCUT2D eigenvalue weighted by Gasteiger charge is -2.36. The van der Waals surface area contributed by atoms with Crippen LogP contribution >= 0.6 is 0 Å². The molecule has 1 N–H and O–H groups in total. The van der Waals surface area contributed by atoms with Crippen molar-refractivity contribution in [1.29, 1.82) is 0 Å². The van der Waals surface area contributed by atoms with E-state index in [2.05, 4.69) is 48.6 Å². The van der Waals surface area contributed by atoms with E-state index < -0.39 is 0 Å². The number of hydrogen-bond donors (Lipinski definition) is 1. The summed E-state index contributed by atoms with van der Waals surface area (Å²) in [6, 6.07) is 10.4. The first-order valence-electron chi connectivity index (χ1n) is 8.12. The summed E-state index contributed by atoms with van der Waals surface area (Å²) in [5.74, 6) is 0.870. The first kappa shape index (κ1) is 14.6. The molecule has 2 saturated carbocycles. The predicted molar refractivity (Wildman–Crippen MR) is 85.2 cm³/mol. The molecule has 114 valence electrons. The Hall–Kier alpha value is -1.35. The standard InChI is InChI=1S/C18H26N2O/c1-20(2)18(10-6-7-11-18)13-19-17(21)16-12-15(16)14-8-4-3-5-9-14/h3-5,8-9,15-16H,6-7,10-13H2,1-2H3,(H,19,21)/t15-,16-/m1/s1. The van der Waals surface area contributed by atoms with Crippen molar-refractivity contribution in [1.82, 2.24) is 10.2 Å². The monoisotopic (exact) mass is 286 g/mol. The molecule has 1 aromatic carbocycles. The Balaban J connectivity index is 1.54. The molecule has 21 heavy (non-hydrogen) atoms. The fraction of sp³-hybridized carbons (Fsp3) is 0.611. The third kappa shape index (κ3) is 2.98. The number of benzene rings is 1. The van der Waals surface area contributed by atoms with E-state index >= 15 is 0 Å². The van der Waals surface area contributed by atoms with Crippen LogP contribution in [0.4, 0.5) is 0 Å². The van der Waals surface area contributed by atoms with Gasteiger partial charge in [0.15, 0.2) is 0 Å². The summed E-state index contributed by atoms with van der Waals surface area (Å²) in [6.45, 7) is 0.802. The minimum absolute atomic E-state index is 0.187. The maximum atomic E-state index is 12.4. The minimum atomic E-state index is 0.187. The van der Waals surface area contributed by atoms with Gasteiger partial charge in [-0.2, -0.15) is 0 Å². The Labute approximate surface area is 127 Å². The summed E-state index contributed by atoms with van der Waals surface area (Å²) < 4.78 is 0. The van der Waals surface area contributed by atoms with Gasteiger partial charge in [0.25, 0.3) is 0 Å². The van der Waals surface area contributed by atoms with Gasteiger partial charge in [0.1, 0.15) is 0 Å². The molecule has 0 spiro atoms. The van der Waals surface area contributed by atoms with Crippen molar-refractivity contribution in [3.8, 4) is 0 Å². The van der Waals surface area contributed by atoms with E-state index in [1.807, 2.05) is 6.07 Å². The van der Waals surface area contributed by atoms with Crippen molar-refractivity contribution in [2.45, 2.75) is 43.6 Å². The first-order valence-corrected chi connectivity index (χ1v) is 8.12. The number of carbonyl (C=O) groups excluding carboxylic acids is 1. The number of likely N-dealkylation sites (N-methyl/N-ethyl adjacent to an activating group) is 1. The lowest BCUT2D eigenvalue weighted by Crippen LogP contribution is -2.51. The number of nitrogens with zero attached hydrogens (tertiary/aromatic N) is 1. The number of carbonyl (C=O) groups is 1. The molecule has 1 aromatic rings. The number of nitrogens with one attached hydrogen (secondary N) is 1. The minimum Gasteiger partial charge on any atom is -0.354 e. The van der Waals surface area contributed by atoms with Crippen molar-refractivity contribution in [2.24, 2.45) is 5.92 Å². The molecule has 0 bridgehead atoms. The van der Waals surface area contributed by atoms with Crippen LogP contribution < -0.4 is 5.32 Å². The highest BCUT2D eigenvalue weighted by Crippen LogP contribution is 2.47. The molecule has 2 aliphatic rings. The third-order valence-electron chi connectivity index (χ3n) is 5.43. The fourth-order valence-corrected chi connectivity index (χ4v) is 3.75. The van der Waals surface area contributed by atoms with Crippen LogP contribution in [0.15, 0.2) is 30.3 Å². The first-order chi connectivity index (χ1) is 10.1. The molecule has 3 heteroatoms. The molecule has 2 fully saturated rings. The molecule has 0 aliphatic heterocycles. The van der Waals surface area contributed by atoms with E-state index in [1.54, 1.807) is 0 Å². The highest BCUT2D eigenvalue weighted by molar-refractivity contribution is 5.83. The van der Waals surface area contributed by atoms with Gasteiger partial charge in [0.05, 0.1) is 0 Å². The van der Waals surface area contributed by atoms with Crippen molar-refractivity contribution in [3.63, 3.8) is 0 Å². The SMILES string of the molecule is CN(C)C1(CNC(=O)[C@@H]2C[C@@H]2c2ccccc2)CCCC1. The number of hydrogen-bond acceptors (Lipinski definition) is 2. The van der Waals surface area contributed by atoms with Gasteiger partial charge >= 0.3 is 0 Å². The summed E-state index contributed by atoms with van der Waals surface area (Å²) in [7, 11) is 4.28. The summed E-state index contributed by atoms with van der Waals surface area (Å²) >= 11 is 0. The van der Waals surface area contributed by atoms with Gasteiger partial charge in [-0.3, -0.25) is 4.79 Å². The predicted octanol–water partition coefficient (Wildman–Crippen LogP) is 2.78. The second-order valence-electron chi connectivity index (χ2n) is 6.90. The van der Waals surface area contributed by atoms with Crippen molar-refractivity contribution >= 4 is 5.91 Å². The van der Waals surface area contributed by atoms with Gasteiger partial charge in [-0.25, -0.2) is 0 Å². The van der Waals surface area contributed by atoms with Gasteiger partial charge in [0, 0.05) is 18.0 Å². The van der Waals surface area contributed by atoms with Crippen molar-refractivity contribution < 1.29 is 4.79 Å². The number of amides is 1. The van der Waals surface area contributed by atoms with E-state index in [-0.39, 0.29) is 17.4 Å². The molecule has 3 nitrogen and oxygen atoms in total. The molecule has 2 atom stereocenters. The highest BCUT2D eigenvalue weighted by Gasteiger charge is 2.45. The molecule has 0 aromatic heterocycles. The van der Waals surface area contributed by atoms with Crippen LogP contribution in [0.25, 0.3) is 0 Å². The largest absolute Gasteiger partial charge is 0.354 e. The van der Waals surface area contributed by atoms with Gasteiger partial charge in [-0.15, -0.1) is 0 Å². The van der Waals surface area contributed by atoms with Crippen LogP contribution in [0.1, 0.15) is 43.6 Å². The van der Waals surface area contributed by atoms with E-state index in [0.717, 1.165) is 13.0 Å². The second-order valence-corrected chi connectivity index (χ2v) is 6.90. The Morgan fingerprint density at radius 3 is 2.52 bits per heavy atom. The summed E-state index contributed by atoms with van der Waals surface area (Å²) in [4.78, 5) is 14.7. The zero-order valence-electron chi connectivity index (χ0n) is 13.1. The van der Waals surface area contributed by atoms with E-state index in [4.69, 9.17) is 0 Å².